The topological polar surface area (TPSA) is 68.0 Å². The summed E-state index contributed by atoms with van der Waals surface area (Å²) in [6, 6.07) is 23.0. The Balaban J connectivity index is 1.26. The molecule has 7 nitrogen and oxygen atoms in total. The molecule has 0 N–H and O–H groups in total. The zero-order valence-corrected chi connectivity index (χ0v) is 24.0. The molecule has 0 aliphatic carbocycles. The van der Waals surface area contributed by atoms with Crippen molar-refractivity contribution in [1.29, 1.82) is 0 Å². The maximum atomic E-state index is 13.6. The summed E-state index contributed by atoms with van der Waals surface area (Å²) >= 11 is 12.5. The Hall–Kier alpha value is -3.36. The monoisotopic (exact) mass is 579 g/mol. The van der Waals surface area contributed by atoms with Gasteiger partial charge in [-0.15, -0.1) is 0 Å². The zero-order valence-electron chi connectivity index (χ0n) is 22.5. The molecule has 0 bridgehead atoms. The van der Waals surface area contributed by atoms with Gasteiger partial charge in [-0.1, -0.05) is 70.8 Å². The molecular formula is C31H31Cl2N3O4. The lowest BCUT2D eigenvalue weighted by atomic mass is 10.0. The van der Waals surface area contributed by atoms with Crippen LogP contribution in [0, 0.1) is 6.92 Å². The number of nitrogens with zero attached hydrogens (tertiary/aromatic N) is 3. The highest BCUT2D eigenvalue weighted by Gasteiger charge is 2.30. The van der Waals surface area contributed by atoms with Crippen LogP contribution in [0.2, 0.25) is 10.0 Å². The molecule has 1 amide bonds. The van der Waals surface area contributed by atoms with E-state index in [1.807, 2.05) is 71.6 Å². The lowest BCUT2D eigenvalue weighted by Crippen LogP contribution is -2.49. The number of aryl methyl sites for hydroxylation is 1. The van der Waals surface area contributed by atoms with Gasteiger partial charge in [-0.05, 0) is 48.4 Å². The number of rotatable bonds is 9. The first-order valence-electron chi connectivity index (χ1n) is 13.2. The van der Waals surface area contributed by atoms with Crippen LogP contribution in [0.5, 0.6) is 5.75 Å². The predicted octanol–water partition coefficient (Wildman–Crippen LogP) is 6.68. The van der Waals surface area contributed by atoms with Crippen LogP contribution in [-0.4, -0.2) is 60.7 Å². The number of amides is 1. The fourth-order valence-corrected chi connectivity index (χ4v) is 5.23. The third-order valence-electron chi connectivity index (χ3n) is 7.12. The summed E-state index contributed by atoms with van der Waals surface area (Å²) < 4.78 is 17.2. The first-order chi connectivity index (χ1) is 19.4. The normalized spacial score (nSPS) is 14.8. The highest BCUT2D eigenvalue weighted by Crippen LogP contribution is 2.32. The molecule has 2 heterocycles. The zero-order chi connectivity index (χ0) is 28.1. The van der Waals surface area contributed by atoms with E-state index in [1.165, 1.54) is 0 Å². The Morgan fingerprint density at radius 2 is 1.75 bits per heavy atom. The van der Waals surface area contributed by atoms with Crippen molar-refractivity contribution in [2.75, 3.05) is 39.8 Å². The van der Waals surface area contributed by atoms with Crippen molar-refractivity contribution >= 4 is 29.1 Å². The van der Waals surface area contributed by atoms with Crippen molar-refractivity contribution in [2.45, 2.75) is 19.6 Å². The van der Waals surface area contributed by atoms with Crippen LogP contribution in [0.1, 0.15) is 33.3 Å². The summed E-state index contributed by atoms with van der Waals surface area (Å²) in [5, 5.41) is 5.37. The van der Waals surface area contributed by atoms with E-state index in [-0.39, 0.29) is 12.0 Å². The van der Waals surface area contributed by atoms with Crippen LogP contribution in [0.3, 0.4) is 0 Å². The van der Waals surface area contributed by atoms with Gasteiger partial charge in [0.05, 0.1) is 24.8 Å². The molecule has 1 aromatic heterocycles. The molecule has 1 saturated heterocycles. The van der Waals surface area contributed by atoms with Gasteiger partial charge in [0.2, 0.25) is 0 Å². The Morgan fingerprint density at radius 1 is 1.00 bits per heavy atom. The van der Waals surface area contributed by atoms with Gasteiger partial charge in [0.1, 0.15) is 22.8 Å². The molecule has 0 radical (unpaired) electrons. The number of methoxy groups -OCH3 is 1. The SMILES string of the molecule is COc1cccc(COC(CN2CCN(C(=O)c3c(-c4ccccc4Cl)noc3C)CC2)c2ccc(Cl)cc2)c1. The number of halogens is 2. The van der Waals surface area contributed by atoms with Gasteiger partial charge >= 0.3 is 0 Å². The summed E-state index contributed by atoms with van der Waals surface area (Å²) in [5.41, 5.74) is 3.70. The van der Waals surface area contributed by atoms with E-state index < -0.39 is 0 Å². The van der Waals surface area contributed by atoms with Gasteiger partial charge in [-0.2, -0.15) is 0 Å². The largest absolute Gasteiger partial charge is 0.497 e. The second-order valence-corrected chi connectivity index (χ2v) is 10.6. The average Bonchev–Trinajstić information content (AvgIpc) is 3.36. The van der Waals surface area contributed by atoms with Crippen molar-refractivity contribution in [3.8, 4) is 17.0 Å². The minimum absolute atomic E-state index is 0.100. The lowest BCUT2D eigenvalue weighted by Gasteiger charge is -2.36. The van der Waals surface area contributed by atoms with Crippen LogP contribution in [0.25, 0.3) is 11.3 Å². The maximum absolute atomic E-state index is 13.6. The molecule has 0 saturated carbocycles. The van der Waals surface area contributed by atoms with Crippen LogP contribution < -0.4 is 4.74 Å². The molecule has 40 heavy (non-hydrogen) atoms. The molecule has 9 heteroatoms. The Kier molecular flexibility index (Phi) is 9.07. The minimum atomic E-state index is -0.169. The number of aromatic nitrogens is 1. The molecule has 1 unspecified atom stereocenters. The molecule has 1 atom stereocenters. The number of carbonyl (C=O) groups is 1. The first kappa shape index (κ1) is 28.2. The van der Waals surface area contributed by atoms with E-state index in [0.29, 0.717) is 72.0 Å². The molecule has 1 fully saturated rings. The van der Waals surface area contributed by atoms with E-state index in [0.717, 1.165) is 16.9 Å². The van der Waals surface area contributed by atoms with E-state index in [2.05, 4.69) is 10.1 Å². The van der Waals surface area contributed by atoms with E-state index in [4.69, 9.17) is 37.2 Å². The molecule has 5 rings (SSSR count). The molecule has 1 aliphatic heterocycles. The van der Waals surface area contributed by atoms with Gasteiger partial charge in [0.15, 0.2) is 0 Å². The van der Waals surface area contributed by atoms with E-state index in [9.17, 15) is 4.79 Å². The molecule has 1 aliphatic rings. The van der Waals surface area contributed by atoms with Crippen molar-refractivity contribution in [2.24, 2.45) is 0 Å². The van der Waals surface area contributed by atoms with Crippen LogP contribution >= 0.6 is 23.2 Å². The third-order valence-corrected chi connectivity index (χ3v) is 7.70. The summed E-state index contributed by atoms with van der Waals surface area (Å²) in [7, 11) is 1.66. The lowest BCUT2D eigenvalue weighted by molar-refractivity contribution is 0.00337. The minimum Gasteiger partial charge on any atom is -0.497 e. The maximum Gasteiger partial charge on any atom is 0.259 e. The van der Waals surface area contributed by atoms with Gasteiger partial charge in [-0.3, -0.25) is 9.69 Å². The van der Waals surface area contributed by atoms with Crippen molar-refractivity contribution < 1.29 is 18.8 Å². The number of ether oxygens (including phenoxy) is 2. The van der Waals surface area contributed by atoms with Gasteiger partial charge in [0.25, 0.3) is 5.91 Å². The molecule has 3 aromatic carbocycles. The molecule has 4 aromatic rings. The smallest absolute Gasteiger partial charge is 0.259 e. The summed E-state index contributed by atoms with van der Waals surface area (Å²) in [6.07, 6.45) is -0.169. The van der Waals surface area contributed by atoms with Gasteiger partial charge in [-0.25, -0.2) is 0 Å². The van der Waals surface area contributed by atoms with E-state index >= 15 is 0 Å². The Morgan fingerprint density at radius 3 is 2.48 bits per heavy atom. The highest BCUT2D eigenvalue weighted by atomic mass is 35.5. The van der Waals surface area contributed by atoms with Crippen LogP contribution in [0.4, 0.5) is 0 Å². The molecule has 0 spiro atoms. The summed E-state index contributed by atoms with van der Waals surface area (Å²) in [6.45, 7) is 5.47. The highest BCUT2D eigenvalue weighted by molar-refractivity contribution is 6.33. The quantitative estimate of drug-likeness (QED) is 0.220. The fraction of sp³-hybridized carbons (Fsp3) is 0.290. The number of piperazine rings is 1. The number of carbonyl (C=O) groups excluding carboxylic acids is 1. The summed E-state index contributed by atoms with van der Waals surface area (Å²) in [4.78, 5) is 17.8. The standard InChI is InChI=1S/C31H31Cl2N3O4/c1-21-29(30(34-40-21)26-8-3-4-9-27(26)33)31(37)36-16-14-35(15-17-36)19-28(23-10-12-24(32)13-11-23)39-20-22-6-5-7-25(18-22)38-2/h3-13,18,28H,14-17,19-20H2,1-2H3. The first-order valence-corrected chi connectivity index (χ1v) is 13.9. The van der Waals surface area contributed by atoms with Crippen LogP contribution in [-0.2, 0) is 11.3 Å². The fourth-order valence-electron chi connectivity index (χ4n) is 4.88. The number of hydrogen-bond acceptors (Lipinski definition) is 6. The van der Waals surface area contributed by atoms with Crippen molar-refractivity contribution in [3.05, 3.63) is 105 Å². The predicted molar refractivity (Wildman–Crippen MR) is 156 cm³/mol. The number of hydrogen-bond donors (Lipinski definition) is 0. The summed E-state index contributed by atoms with van der Waals surface area (Å²) in [5.74, 6) is 1.18. The number of benzene rings is 3. The van der Waals surface area contributed by atoms with Gasteiger partial charge < -0.3 is 18.9 Å². The van der Waals surface area contributed by atoms with E-state index in [1.54, 1.807) is 20.1 Å². The molecule has 208 valence electrons. The van der Waals surface area contributed by atoms with Crippen molar-refractivity contribution in [3.63, 3.8) is 0 Å². The molecular weight excluding hydrogens is 549 g/mol. The third kappa shape index (κ3) is 6.50. The second kappa shape index (κ2) is 12.9. The Labute approximate surface area is 244 Å². The van der Waals surface area contributed by atoms with Crippen LogP contribution in [0.15, 0.2) is 77.3 Å². The Bertz CT molecular complexity index is 1450. The van der Waals surface area contributed by atoms with Gasteiger partial charge in [0, 0.05) is 43.3 Å². The van der Waals surface area contributed by atoms with Crippen molar-refractivity contribution in [1.82, 2.24) is 15.0 Å². The average molecular weight is 581 g/mol. The second-order valence-electron chi connectivity index (χ2n) is 9.74.